The first-order chi connectivity index (χ1) is 11.7. The third kappa shape index (κ3) is 5.11. The molecule has 0 N–H and O–H groups in total. The van der Waals surface area contributed by atoms with Crippen LogP contribution in [0.4, 0.5) is 5.69 Å². The molecular weight excluding hydrogens is 340 g/mol. The Labute approximate surface area is 150 Å². The molecule has 1 aliphatic rings. The molecule has 1 aliphatic heterocycles. The Kier molecular flexibility index (Phi) is 6.32. The van der Waals surface area contributed by atoms with E-state index in [1.165, 1.54) is 11.4 Å². The van der Waals surface area contributed by atoms with E-state index in [2.05, 4.69) is 6.92 Å². The Morgan fingerprint density at radius 1 is 1.36 bits per heavy atom. The minimum absolute atomic E-state index is 0.0337. The number of anilines is 1. The lowest BCUT2D eigenvalue weighted by atomic mass is 9.99. The number of sulfonamides is 1. The van der Waals surface area contributed by atoms with Crippen molar-refractivity contribution >= 4 is 21.6 Å². The molecule has 1 fully saturated rings. The van der Waals surface area contributed by atoms with E-state index < -0.39 is 16.1 Å². The van der Waals surface area contributed by atoms with Crippen molar-refractivity contribution in [3.8, 4) is 5.75 Å². The predicted molar refractivity (Wildman–Crippen MR) is 99.4 cm³/mol. The molecule has 1 aromatic rings. The van der Waals surface area contributed by atoms with Gasteiger partial charge in [0.25, 0.3) is 5.91 Å². The van der Waals surface area contributed by atoms with Gasteiger partial charge >= 0.3 is 0 Å². The van der Waals surface area contributed by atoms with Crippen LogP contribution < -0.4 is 9.04 Å². The lowest BCUT2D eigenvalue weighted by Crippen LogP contribution is -2.46. The number of hydrogen-bond acceptors (Lipinski definition) is 4. The van der Waals surface area contributed by atoms with Crippen LogP contribution in [0.1, 0.15) is 33.1 Å². The van der Waals surface area contributed by atoms with Gasteiger partial charge in [-0.05, 0) is 49.4 Å². The number of amides is 1. The largest absolute Gasteiger partial charge is 0.481 e. The van der Waals surface area contributed by atoms with E-state index in [4.69, 9.17) is 4.74 Å². The maximum atomic E-state index is 12.7. The van der Waals surface area contributed by atoms with Gasteiger partial charge in [-0.3, -0.25) is 9.10 Å². The molecule has 0 aliphatic carbocycles. The van der Waals surface area contributed by atoms with E-state index in [9.17, 15) is 13.2 Å². The van der Waals surface area contributed by atoms with Gasteiger partial charge in [0, 0.05) is 20.1 Å². The summed E-state index contributed by atoms with van der Waals surface area (Å²) in [5.41, 5.74) is 0.555. The number of carbonyl (C=O) groups excluding carboxylic acids is 1. The van der Waals surface area contributed by atoms with Crippen molar-refractivity contribution in [2.45, 2.75) is 39.2 Å². The van der Waals surface area contributed by atoms with Crippen LogP contribution in [-0.2, 0) is 14.8 Å². The third-order valence-electron chi connectivity index (χ3n) is 4.59. The molecular formula is C18H28N2O4S. The number of carbonyl (C=O) groups is 1. The summed E-state index contributed by atoms with van der Waals surface area (Å²) in [5, 5.41) is 0. The van der Waals surface area contributed by atoms with E-state index in [1.54, 1.807) is 24.3 Å². The minimum atomic E-state index is -3.30. The van der Waals surface area contributed by atoms with Crippen molar-refractivity contribution in [2.24, 2.45) is 5.92 Å². The van der Waals surface area contributed by atoms with Crippen molar-refractivity contribution in [1.82, 2.24) is 4.90 Å². The average Bonchev–Trinajstić information content (AvgIpc) is 2.58. The second kappa shape index (κ2) is 8.08. The summed E-state index contributed by atoms with van der Waals surface area (Å²) in [6, 6.07) is 6.75. The summed E-state index contributed by atoms with van der Waals surface area (Å²) in [6.07, 6.45) is 3.44. The van der Waals surface area contributed by atoms with Gasteiger partial charge in [-0.1, -0.05) is 13.8 Å². The summed E-state index contributed by atoms with van der Waals surface area (Å²) in [7, 11) is -1.80. The lowest BCUT2D eigenvalue weighted by molar-refractivity contribution is -0.140. The highest BCUT2D eigenvalue weighted by molar-refractivity contribution is 7.92. The Hall–Kier alpha value is -1.76. The molecule has 7 heteroatoms. The number of likely N-dealkylation sites (tertiary alicyclic amines) is 1. The van der Waals surface area contributed by atoms with Crippen LogP contribution >= 0.6 is 0 Å². The summed E-state index contributed by atoms with van der Waals surface area (Å²) >= 11 is 0. The van der Waals surface area contributed by atoms with Crippen LogP contribution in [0.5, 0.6) is 5.75 Å². The molecule has 2 unspecified atom stereocenters. The molecule has 2 atom stereocenters. The smallest absolute Gasteiger partial charge is 0.263 e. The van der Waals surface area contributed by atoms with Crippen LogP contribution in [0.2, 0.25) is 0 Å². The molecule has 0 radical (unpaired) electrons. The lowest BCUT2D eigenvalue weighted by Gasteiger charge is -2.33. The van der Waals surface area contributed by atoms with E-state index in [-0.39, 0.29) is 5.91 Å². The maximum Gasteiger partial charge on any atom is 0.263 e. The van der Waals surface area contributed by atoms with Crippen LogP contribution in [0.15, 0.2) is 24.3 Å². The van der Waals surface area contributed by atoms with Crippen molar-refractivity contribution in [1.29, 1.82) is 0 Å². The Morgan fingerprint density at radius 2 is 2.00 bits per heavy atom. The first kappa shape index (κ1) is 19.6. The number of hydrogen-bond donors (Lipinski definition) is 0. The van der Waals surface area contributed by atoms with Crippen LogP contribution in [0, 0.1) is 5.92 Å². The zero-order valence-electron chi connectivity index (χ0n) is 15.4. The molecule has 6 nitrogen and oxygen atoms in total. The highest BCUT2D eigenvalue weighted by atomic mass is 32.2. The maximum absolute atomic E-state index is 12.7. The van der Waals surface area contributed by atoms with Gasteiger partial charge in [0.05, 0.1) is 11.9 Å². The quantitative estimate of drug-likeness (QED) is 0.774. The summed E-state index contributed by atoms with van der Waals surface area (Å²) < 4.78 is 30.2. The molecule has 0 bridgehead atoms. The molecule has 0 spiro atoms. The summed E-state index contributed by atoms with van der Waals surface area (Å²) in [5.74, 6) is 1.13. The zero-order valence-corrected chi connectivity index (χ0v) is 16.3. The Balaban J connectivity index is 2.05. The fourth-order valence-electron chi connectivity index (χ4n) is 2.99. The molecule has 2 rings (SSSR count). The van der Waals surface area contributed by atoms with Crippen LogP contribution in [-0.4, -0.2) is 51.7 Å². The van der Waals surface area contributed by atoms with Crippen molar-refractivity contribution < 1.29 is 17.9 Å². The van der Waals surface area contributed by atoms with Gasteiger partial charge in [-0.15, -0.1) is 0 Å². The fourth-order valence-corrected chi connectivity index (χ4v) is 3.50. The molecule has 1 amide bonds. The SMILES string of the molecule is CCC(Oc1ccc(N(C)S(C)(=O)=O)cc1)C(=O)N1CCCC(C)C1. The molecule has 1 aromatic carbocycles. The molecule has 0 aromatic heterocycles. The third-order valence-corrected chi connectivity index (χ3v) is 5.80. The van der Waals surface area contributed by atoms with Crippen molar-refractivity contribution in [2.75, 3.05) is 30.7 Å². The normalized spacial score (nSPS) is 19.4. The van der Waals surface area contributed by atoms with Gasteiger partial charge in [-0.25, -0.2) is 8.42 Å². The summed E-state index contributed by atoms with van der Waals surface area (Å²) in [6.45, 7) is 5.68. The van der Waals surface area contributed by atoms with Crippen LogP contribution in [0.25, 0.3) is 0 Å². The topological polar surface area (TPSA) is 66.9 Å². The number of ether oxygens (including phenoxy) is 1. The first-order valence-electron chi connectivity index (χ1n) is 8.71. The van der Waals surface area contributed by atoms with Gasteiger partial charge in [0.15, 0.2) is 6.10 Å². The monoisotopic (exact) mass is 368 g/mol. The Morgan fingerprint density at radius 3 is 2.52 bits per heavy atom. The fraction of sp³-hybridized carbons (Fsp3) is 0.611. The zero-order chi connectivity index (χ0) is 18.6. The number of nitrogens with zero attached hydrogens (tertiary/aromatic N) is 2. The van der Waals surface area contributed by atoms with Gasteiger partial charge in [0.1, 0.15) is 5.75 Å². The van der Waals surface area contributed by atoms with E-state index >= 15 is 0 Å². The van der Waals surface area contributed by atoms with Gasteiger partial charge in [0.2, 0.25) is 10.0 Å². The van der Waals surface area contributed by atoms with Crippen LogP contribution in [0.3, 0.4) is 0 Å². The standard InChI is InChI=1S/C18H28N2O4S/c1-5-17(18(21)20-12-6-7-14(2)13-20)24-16-10-8-15(9-11-16)19(3)25(4,22)23/h8-11,14,17H,5-7,12-13H2,1-4H3. The molecule has 1 saturated heterocycles. The average molecular weight is 368 g/mol. The van der Waals surface area contributed by atoms with E-state index in [1.807, 2.05) is 11.8 Å². The number of piperidine rings is 1. The summed E-state index contributed by atoms with van der Waals surface area (Å²) in [4.78, 5) is 14.6. The molecule has 25 heavy (non-hydrogen) atoms. The predicted octanol–water partition coefficient (Wildman–Crippen LogP) is 2.50. The second-order valence-electron chi connectivity index (χ2n) is 6.77. The molecule has 1 heterocycles. The van der Waals surface area contributed by atoms with Gasteiger partial charge in [-0.2, -0.15) is 0 Å². The highest BCUT2D eigenvalue weighted by Crippen LogP contribution is 2.23. The molecule has 140 valence electrons. The number of benzene rings is 1. The van der Waals surface area contributed by atoms with Crippen molar-refractivity contribution in [3.63, 3.8) is 0 Å². The second-order valence-corrected chi connectivity index (χ2v) is 8.78. The minimum Gasteiger partial charge on any atom is -0.481 e. The first-order valence-corrected chi connectivity index (χ1v) is 10.6. The van der Waals surface area contributed by atoms with E-state index in [0.29, 0.717) is 23.8 Å². The van der Waals surface area contributed by atoms with Gasteiger partial charge < -0.3 is 9.64 Å². The van der Waals surface area contributed by atoms with Crippen molar-refractivity contribution in [3.05, 3.63) is 24.3 Å². The highest BCUT2D eigenvalue weighted by Gasteiger charge is 2.28. The van der Waals surface area contributed by atoms with E-state index in [0.717, 1.165) is 32.2 Å². The molecule has 0 saturated carbocycles. The number of rotatable bonds is 6. The Bertz CT molecular complexity index is 688.